The molecule has 0 unspecified atom stereocenters. The van der Waals surface area contributed by atoms with Crippen molar-refractivity contribution in [1.82, 2.24) is 5.32 Å². The van der Waals surface area contributed by atoms with Crippen LogP contribution in [0.25, 0.3) is 0 Å². The third kappa shape index (κ3) is 1.20. The lowest BCUT2D eigenvalue weighted by molar-refractivity contribution is -0.130. The van der Waals surface area contributed by atoms with E-state index >= 15 is 0 Å². The van der Waals surface area contributed by atoms with E-state index in [-0.39, 0.29) is 18.6 Å². The van der Waals surface area contributed by atoms with Gasteiger partial charge in [-0.25, -0.2) is 0 Å². The zero-order chi connectivity index (χ0) is 5.98. The molecule has 1 atom stereocenters. The van der Waals surface area contributed by atoms with Crippen molar-refractivity contribution in [3.8, 4) is 0 Å². The van der Waals surface area contributed by atoms with Crippen LogP contribution in [0.4, 0.5) is 0 Å². The van der Waals surface area contributed by atoms with Crippen molar-refractivity contribution in [3.63, 3.8) is 0 Å². The molecule has 1 saturated heterocycles. The predicted molar refractivity (Wildman–Crippen MR) is 28.4 cm³/mol. The first-order chi connectivity index (χ1) is 3.79. The molecule has 1 amide bonds. The van der Waals surface area contributed by atoms with E-state index in [1.165, 1.54) is 0 Å². The van der Waals surface area contributed by atoms with Crippen LogP contribution in [0.15, 0.2) is 0 Å². The molecule has 0 saturated carbocycles. The van der Waals surface area contributed by atoms with E-state index in [0.29, 0.717) is 6.61 Å². The van der Waals surface area contributed by atoms with Crippen molar-refractivity contribution in [2.75, 3.05) is 13.2 Å². The summed E-state index contributed by atoms with van der Waals surface area (Å²) in [6.45, 7) is 2.78. The fourth-order valence-corrected chi connectivity index (χ4v) is 0.687. The van der Waals surface area contributed by atoms with Crippen molar-refractivity contribution in [3.05, 3.63) is 0 Å². The molecule has 3 nitrogen and oxygen atoms in total. The fourth-order valence-electron chi connectivity index (χ4n) is 0.687. The first-order valence-electron chi connectivity index (χ1n) is 2.66. The molecule has 8 heavy (non-hydrogen) atoms. The molecular formula is C5H9NO2. The molecule has 1 fully saturated rings. The van der Waals surface area contributed by atoms with Gasteiger partial charge in [0.15, 0.2) is 0 Å². The number of hydrogen-bond acceptors (Lipinski definition) is 2. The lowest BCUT2D eigenvalue weighted by Crippen LogP contribution is -2.43. The van der Waals surface area contributed by atoms with Gasteiger partial charge in [0.25, 0.3) is 0 Å². The molecule has 1 aliphatic heterocycles. The second kappa shape index (κ2) is 2.13. The maximum absolute atomic E-state index is 10.4. The van der Waals surface area contributed by atoms with E-state index in [0.717, 1.165) is 0 Å². The molecule has 46 valence electrons. The van der Waals surface area contributed by atoms with Gasteiger partial charge in [-0.15, -0.1) is 0 Å². The number of carbonyl (C=O) groups is 1. The van der Waals surface area contributed by atoms with Crippen LogP contribution in [0, 0.1) is 0 Å². The number of hydrogen-bond donors (Lipinski definition) is 1. The lowest BCUT2D eigenvalue weighted by atomic mass is 10.3. The molecule has 0 radical (unpaired) electrons. The third-order valence-electron chi connectivity index (χ3n) is 1.01. The standard InChI is InChI=1S/C5H9NO2/c1-4-2-8-3-5(7)6-4/h4H,2-3H2,1H3,(H,6,7)/t4-/m1/s1. The summed E-state index contributed by atoms with van der Waals surface area (Å²) in [6, 6.07) is 0.191. The molecule has 0 aromatic carbocycles. The Morgan fingerprint density at radius 3 is 3.00 bits per heavy atom. The van der Waals surface area contributed by atoms with Gasteiger partial charge in [-0.2, -0.15) is 0 Å². The molecule has 0 aromatic rings. The van der Waals surface area contributed by atoms with Crippen LogP contribution in [0.1, 0.15) is 6.92 Å². The van der Waals surface area contributed by atoms with E-state index in [9.17, 15) is 4.79 Å². The highest BCUT2D eigenvalue weighted by Gasteiger charge is 2.12. The van der Waals surface area contributed by atoms with Crippen LogP contribution in [-0.2, 0) is 9.53 Å². The number of carbonyl (C=O) groups excluding carboxylic acids is 1. The second-order valence-electron chi connectivity index (χ2n) is 1.98. The number of morpholine rings is 1. The minimum Gasteiger partial charge on any atom is -0.370 e. The van der Waals surface area contributed by atoms with Gasteiger partial charge >= 0.3 is 0 Å². The summed E-state index contributed by atoms with van der Waals surface area (Å²) in [5.41, 5.74) is 0. The number of nitrogens with one attached hydrogen (secondary N) is 1. The van der Waals surface area contributed by atoms with Gasteiger partial charge in [-0.1, -0.05) is 0 Å². The Kier molecular flexibility index (Phi) is 1.48. The van der Waals surface area contributed by atoms with Crippen molar-refractivity contribution >= 4 is 5.91 Å². The van der Waals surface area contributed by atoms with Gasteiger partial charge in [-0.3, -0.25) is 4.79 Å². The lowest BCUT2D eigenvalue weighted by Gasteiger charge is -2.18. The summed E-state index contributed by atoms with van der Waals surface area (Å²) >= 11 is 0. The highest BCUT2D eigenvalue weighted by atomic mass is 16.5. The predicted octanol–water partition coefficient (Wildman–Crippen LogP) is -0.479. The van der Waals surface area contributed by atoms with Gasteiger partial charge in [-0.05, 0) is 6.92 Å². The molecule has 1 aliphatic rings. The molecule has 1 rings (SSSR count). The van der Waals surface area contributed by atoms with E-state index in [2.05, 4.69) is 5.32 Å². The quantitative estimate of drug-likeness (QED) is 0.463. The zero-order valence-electron chi connectivity index (χ0n) is 4.81. The smallest absolute Gasteiger partial charge is 0.246 e. The average Bonchev–Trinajstić information content (AvgIpc) is 1.64. The van der Waals surface area contributed by atoms with Crippen molar-refractivity contribution in [1.29, 1.82) is 0 Å². The molecule has 0 spiro atoms. The maximum Gasteiger partial charge on any atom is 0.246 e. The molecule has 0 bridgehead atoms. The summed E-state index contributed by atoms with van der Waals surface area (Å²) in [7, 11) is 0. The topological polar surface area (TPSA) is 38.3 Å². The Labute approximate surface area is 48.0 Å². The van der Waals surface area contributed by atoms with E-state index in [1.54, 1.807) is 0 Å². The first kappa shape index (κ1) is 5.56. The minimum atomic E-state index is -0.0104. The molecule has 1 heterocycles. The van der Waals surface area contributed by atoms with E-state index < -0.39 is 0 Å². The minimum absolute atomic E-state index is 0.0104. The summed E-state index contributed by atoms with van der Waals surface area (Å²) in [6.07, 6.45) is 0. The molecule has 0 aromatic heterocycles. The second-order valence-corrected chi connectivity index (χ2v) is 1.98. The van der Waals surface area contributed by atoms with Gasteiger partial charge in [0.05, 0.1) is 6.61 Å². The fraction of sp³-hybridized carbons (Fsp3) is 0.800. The highest BCUT2D eigenvalue weighted by Crippen LogP contribution is 1.90. The maximum atomic E-state index is 10.4. The molecular weight excluding hydrogens is 106 g/mol. The summed E-state index contributed by atoms with van der Waals surface area (Å²) in [5.74, 6) is -0.0104. The normalized spacial score (nSPS) is 29.6. The SMILES string of the molecule is C[C@@H]1COCC(=O)N1. The van der Waals surface area contributed by atoms with Gasteiger partial charge in [0.2, 0.25) is 5.91 Å². The van der Waals surface area contributed by atoms with E-state index in [1.807, 2.05) is 6.92 Å². The van der Waals surface area contributed by atoms with Crippen molar-refractivity contribution < 1.29 is 9.53 Å². The number of rotatable bonds is 0. The van der Waals surface area contributed by atoms with Crippen LogP contribution in [0.5, 0.6) is 0 Å². The zero-order valence-corrected chi connectivity index (χ0v) is 4.81. The van der Waals surface area contributed by atoms with Gasteiger partial charge in [0.1, 0.15) is 6.61 Å². The first-order valence-corrected chi connectivity index (χ1v) is 2.66. The number of ether oxygens (including phenoxy) is 1. The Hall–Kier alpha value is -0.570. The Balaban J connectivity index is 2.34. The Morgan fingerprint density at radius 2 is 2.62 bits per heavy atom. The van der Waals surface area contributed by atoms with Crippen LogP contribution in [0.2, 0.25) is 0 Å². The Morgan fingerprint density at radius 1 is 1.88 bits per heavy atom. The van der Waals surface area contributed by atoms with Crippen LogP contribution >= 0.6 is 0 Å². The van der Waals surface area contributed by atoms with E-state index in [4.69, 9.17) is 4.74 Å². The third-order valence-corrected chi connectivity index (χ3v) is 1.01. The van der Waals surface area contributed by atoms with Crippen molar-refractivity contribution in [2.45, 2.75) is 13.0 Å². The van der Waals surface area contributed by atoms with Crippen LogP contribution in [-0.4, -0.2) is 25.2 Å². The van der Waals surface area contributed by atoms with Crippen molar-refractivity contribution in [2.24, 2.45) is 0 Å². The molecule has 3 heteroatoms. The van der Waals surface area contributed by atoms with Crippen LogP contribution < -0.4 is 5.32 Å². The van der Waals surface area contributed by atoms with Gasteiger partial charge < -0.3 is 10.1 Å². The summed E-state index contributed by atoms with van der Waals surface area (Å²) < 4.78 is 4.88. The Bertz CT molecular complexity index is 103. The summed E-state index contributed by atoms with van der Waals surface area (Å²) in [5, 5.41) is 2.72. The van der Waals surface area contributed by atoms with Crippen LogP contribution in [0.3, 0.4) is 0 Å². The summed E-state index contributed by atoms with van der Waals surface area (Å²) in [4.78, 5) is 10.4. The average molecular weight is 115 g/mol. The molecule has 0 aliphatic carbocycles. The van der Waals surface area contributed by atoms with Gasteiger partial charge in [0, 0.05) is 6.04 Å². The number of amides is 1. The highest BCUT2D eigenvalue weighted by molar-refractivity contribution is 5.78. The monoisotopic (exact) mass is 115 g/mol. The largest absolute Gasteiger partial charge is 0.370 e. The molecule has 1 N–H and O–H groups in total.